The van der Waals surface area contributed by atoms with Crippen molar-refractivity contribution in [1.29, 1.82) is 0 Å². The summed E-state index contributed by atoms with van der Waals surface area (Å²) in [5, 5.41) is 23.7. The highest BCUT2D eigenvalue weighted by Gasteiger charge is 2.22. The maximum absolute atomic E-state index is 12.0. The van der Waals surface area contributed by atoms with E-state index in [1.807, 2.05) is 0 Å². The molecule has 1 fully saturated rings. The molecule has 1 aliphatic rings. The number of anilines is 1. The molecule has 1 saturated heterocycles. The zero-order chi connectivity index (χ0) is 19.1. The van der Waals surface area contributed by atoms with Gasteiger partial charge in [0, 0.05) is 32.6 Å². The van der Waals surface area contributed by atoms with Gasteiger partial charge >= 0.3 is 5.97 Å². The van der Waals surface area contributed by atoms with Crippen LogP contribution < -0.4 is 10.2 Å². The van der Waals surface area contributed by atoms with E-state index in [9.17, 15) is 9.59 Å². The van der Waals surface area contributed by atoms with Crippen molar-refractivity contribution in [1.82, 2.24) is 30.3 Å². The average Bonchev–Trinajstić information content (AvgIpc) is 3.20. The summed E-state index contributed by atoms with van der Waals surface area (Å²) >= 11 is 0. The monoisotopic (exact) mass is 373 g/mol. The number of aromatic carboxylic acids is 1. The van der Waals surface area contributed by atoms with Crippen molar-refractivity contribution in [2.45, 2.75) is 32.2 Å². The summed E-state index contributed by atoms with van der Waals surface area (Å²) in [4.78, 5) is 28.8. The molecule has 0 bridgehead atoms. The fourth-order valence-electron chi connectivity index (χ4n) is 3.14. The number of aryl methyl sites for hydroxylation is 1. The van der Waals surface area contributed by atoms with Gasteiger partial charge in [-0.15, -0.1) is 10.2 Å². The first-order valence-electron chi connectivity index (χ1n) is 9.03. The summed E-state index contributed by atoms with van der Waals surface area (Å²) in [5.74, 6) is -0.0437. The second kappa shape index (κ2) is 9.06. The van der Waals surface area contributed by atoms with Gasteiger partial charge in [0.1, 0.15) is 12.7 Å². The molecule has 0 aromatic carbocycles. The van der Waals surface area contributed by atoms with Gasteiger partial charge in [0.2, 0.25) is 5.91 Å². The predicted octanol–water partition coefficient (Wildman–Crippen LogP) is 0.579. The molecular formula is C17H23N7O3. The Labute approximate surface area is 156 Å². The van der Waals surface area contributed by atoms with Crippen LogP contribution in [0.2, 0.25) is 0 Å². The summed E-state index contributed by atoms with van der Waals surface area (Å²) in [6.45, 7) is 2.92. The van der Waals surface area contributed by atoms with E-state index in [0.29, 0.717) is 31.2 Å². The van der Waals surface area contributed by atoms with Crippen molar-refractivity contribution in [3.05, 3.63) is 30.5 Å². The number of carboxylic acid groups (broad SMARTS) is 1. The first-order valence-corrected chi connectivity index (χ1v) is 9.03. The fourth-order valence-corrected chi connectivity index (χ4v) is 3.14. The summed E-state index contributed by atoms with van der Waals surface area (Å²) in [5.41, 5.74) is -0.0644. The Bertz CT molecular complexity index is 748. The number of nitrogens with one attached hydrogen (secondary N) is 1. The lowest BCUT2D eigenvalue weighted by Crippen LogP contribution is -2.41. The zero-order valence-corrected chi connectivity index (χ0v) is 15.0. The van der Waals surface area contributed by atoms with Crippen molar-refractivity contribution in [2.75, 3.05) is 24.5 Å². The van der Waals surface area contributed by atoms with E-state index in [-0.39, 0.29) is 11.6 Å². The minimum Gasteiger partial charge on any atom is -0.476 e. The Morgan fingerprint density at radius 1 is 1.30 bits per heavy atom. The van der Waals surface area contributed by atoms with Gasteiger partial charge in [-0.2, -0.15) is 5.10 Å². The number of piperidine rings is 1. The Morgan fingerprint density at radius 2 is 2.19 bits per heavy atom. The lowest BCUT2D eigenvalue weighted by molar-refractivity contribution is -0.121. The van der Waals surface area contributed by atoms with Crippen LogP contribution in [0, 0.1) is 5.92 Å². The summed E-state index contributed by atoms with van der Waals surface area (Å²) in [7, 11) is 0. The normalized spacial score (nSPS) is 16.9. The molecule has 2 aromatic rings. The largest absolute Gasteiger partial charge is 0.476 e. The standard InChI is InChI=1S/C17H23N7O3/c25-16(4-2-8-24-12-18-11-20-24)19-9-13-3-1-7-23(10-13)15-6-5-14(17(26)27)21-22-15/h5-6,11-13H,1-4,7-10H2,(H,19,25)(H,26,27). The molecule has 144 valence electrons. The Balaban J connectivity index is 1.41. The molecule has 2 aromatic heterocycles. The van der Waals surface area contributed by atoms with Crippen molar-refractivity contribution in [3.63, 3.8) is 0 Å². The summed E-state index contributed by atoms with van der Waals surface area (Å²) < 4.78 is 1.71. The maximum atomic E-state index is 12.0. The van der Waals surface area contributed by atoms with Crippen LogP contribution in [0.5, 0.6) is 0 Å². The number of aromatic nitrogens is 5. The molecule has 10 nitrogen and oxygen atoms in total. The number of carbonyl (C=O) groups is 2. The molecule has 10 heteroatoms. The van der Waals surface area contributed by atoms with Crippen LogP contribution >= 0.6 is 0 Å². The van der Waals surface area contributed by atoms with Crippen molar-refractivity contribution >= 4 is 17.7 Å². The molecule has 2 N–H and O–H groups in total. The zero-order valence-electron chi connectivity index (χ0n) is 15.0. The minimum absolute atomic E-state index is 0.0397. The fraction of sp³-hybridized carbons (Fsp3) is 0.529. The molecule has 27 heavy (non-hydrogen) atoms. The van der Waals surface area contributed by atoms with E-state index >= 15 is 0 Å². The summed E-state index contributed by atoms with van der Waals surface area (Å²) in [6.07, 6.45) is 6.33. The van der Waals surface area contributed by atoms with E-state index in [1.165, 1.54) is 12.4 Å². The van der Waals surface area contributed by atoms with Crippen LogP contribution in [0.1, 0.15) is 36.2 Å². The molecular weight excluding hydrogens is 350 g/mol. The number of hydrogen-bond donors (Lipinski definition) is 2. The van der Waals surface area contributed by atoms with Crippen LogP contribution in [-0.2, 0) is 11.3 Å². The van der Waals surface area contributed by atoms with Gasteiger partial charge in [0.25, 0.3) is 0 Å². The maximum Gasteiger partial charge on any atom is 0.356 e. The molecule has 0 spiro atoms. The third-order valence-corrected chi connectivity index (χ3v) is 4.56. The Morgan fingerprint density at radius 3 is 2.89 bits per heavy atom. The van der Waals surface area contributed by atoms with Crippen LogP contribution in [0.4, 0.5) is 5.82 Å². The minimum atomic E-state index is -1.09. The van der Waals surface area contributed by atoms with Crippen molar-refractivity contribution in [3.8, 4) is 0 Å². The quantitative estimate of drug-likeness (QED) is 0.688. The molecule has 0 aliphatic carbocycles. The third kappa shape index (κ3) is 5.47. The number of rotatable bonds is 8. The van der Waals surface area contributed by atoms with Gasteiger partial charge in [0.05, 0.1) is 0 Å². The van der Waals surface area contributed by atoms with Gasteiger partial charge in [-0.25, -0.2) is 9.78 Å². The SMILES string of the molecule is O=C(CCCn1cncn1)NCC1CCCN(c2ccc(C(=O)O)nn2)C1. The number of carboxylic acids is 1. The van der Waals surface area contributed by atoms with Crippen molar-refractivity contribution < 1.29 is 14.7 Å². The smallest absolute Gasteiger partial charge is 0.356 e. The number of nitrogens with zero attached hydrogens (tertiary/aromatic N) is 6. The van der Waals surface area contributed by atoms with Crippen molar-refractivity contribution in [2.24, 2.45) is 5.92 Å². The highest BCUT2D eigenvalue weighted by atomic mass is 16.4. The first-order chi connectivity index (χ1) is 13.1. The molecule has 1 unspecified atom stereocenters. The second-order valence-electron chi connectivity index (χ2n) is 6.60. The summed E-state index contributed by atoms with van der Waals surface area (Å²) in [6, 6.07) is 3.15. The predicted molar refractivity (Wildman–Crippen MR) is 96.2 cm³/mol. The Kier molecular flexibility index (Phi) is 6.29. The second-order valence-corrected chi connectivity index (χ2v) is 6.60. The van der Waals surface area contributed by atoms with Crippen LogP contribution in [0.3, 0.4) is 0 Å². The molecule has 0 saturated carbocycles. The highest BCUT2D eigenvalue weighted by molar-refractivity contribution is 5.85. The topological polar surface area (TPSA) is 126 Å². The van der Waals surface area contributed by atoms with Crippen LogP contribution in [0.15, 0.2) is 24.8 Å². The molecule has 1 atom stereocenters. The van der Waals surface area contributed by atoms with Gasteiger partial charge in [-0.3, -0.25) is 9.48 Å². The lowest BCUT2D eigenvalue weighted by atomic mass is 9.98. The van der Waals surface area contributed by atoms with E-state index in [1.54, 1.807) is 17.1 Å². The molecule has 1 aliphatic heterocycles. The third-order valence-electron chi connectivity index (χ3n) is 4.56. The van der Waals surface area contributed by atoms with Gasteiger partial charge < -0.3 is 15.3 Å². The lowest BCUT2D eigenvalue weighted by Gasteiger charge is -2.33. The first kappa shape index (κ1) is 18.7. The van der Waals surface area contributed by atoms with Gasteiger partial charge in [-0.05, 0) is 37.3 Å². The molecule has 3 rings (SSSR count). The van der Waals surface area contributed by atoms with E-state index < -0.39 is 5.97 Å². The van der Waals surface area contributed by atoms with E-state index in [4.69, 9.17) is 5.11 Å². The molecule has 3 heterocycles. The highest BCUT2D eigenvalue weighted by Crippen LogP contribution is 2.20. The van der Waals surface area contributed by atoms with Crippen LogP contribution in [-0.4, -0.2) is 61.6 Å². The molecule has 1 amide bonds. The van der Waals surface area contributed by atoms with Crippen LogP contribution in [0.25, 0.3) is 0 Å². The van der Waals surface area contributed by atoms with Gasteiger partial charge in [0.15, 0.2) is 11.5 Å². The number of carbonyl (C=O) groups excluding carboxylic acids is 1. The number of amides is 1. The average molecular weight is 373 g/mol. The number of hydrogen-bond acceptors (Lipinski definition) is 7. The van der Waals surface area contributed by atoms with E-state index in [2.05, 4.69) is 30.5 Å². The molecule has 0 radical (unpaired) electrons. The van der Waals surface area contributed by atoms with E-state index in [0.717, 1.165) is 32.4 Å². The Hall–Kier alpha value is -3.04. The van der Waals surface area contributed by atoms with Gasteiger partial charge in [-0.1, -0.05) is 0 Å².